The largest absolute Gasteiger partial charge is 0.514 e. The lowest BCUT2D eigenvalue weighted by molar-refractivity contribution is -0.0511. The number of ether oxygens (including phenoxy) is 1. The second-order valence-electron chi connectivity index (χ2n) is 4.74. The zero-order chi connectivity index (χ0) is 15.7. The number of anilines is 1. The molecule has 0 amide bonds. The van der Waals surface area contributed by atoms with E-state index in [1.54, 1.807) is 0 Å². The summed E-state index contributed by atoms with van der Waals surface area (Å²) in [6.45, 7) is -0.412. The van der Waals surface area contributed by atoms with Gasteiger partial charge in [-0.2, -0.15) is 0 Å². The zero-order valence-corrected chi connectivity index (χ0v) is 11.3. The minimum absolute atomic E-state index is 0.362. The van der Waals surface area contributed by atoms with E-state index >= 15 is 0 Å². The quantitative estimate of drug-likeness (QED) is 0.443. The lowest BCUT2D eigenvalue weighted by Gasteiger charge is -2.16. The molecule has 10 heteroatoms. The molecule has 3 heterocycles. The average Bonchev–Trinajstić information content (AvgIpc) is 3.08. The molecule has 10 nitrogen and oxygen atoms in total. The molecule has 0 bridgehead atoms. The Kier molecular flexibility index (Phi) is 3.90. The highest BCUT2D eigenvalue weighted by Gasteiger charge is 2.43. The Morgan fingerprint density at radius 1 is 1.27 bits per heavy atom. The fourth-order valence-corrected chi connectivity index (χ4v) is 2.37. The summed E-state index contributed by atoms with van der Waals surface area (Å²) in [6, 6.07) is 0. The molecule has 0 aromatic carbocycles. The molecule has 2 aromatic heterocycles. The van der Waals surface area contributed by atoms with E-state index in [2.05, 4.69) is 20.3 Å². The van der Waals surface area contributed by atoms with E-state index in [-0.39, 0.29) is 0 Å². The average molecular weight is 309 g/mol. The summed E-state index contributed by atoms with van der Waals surface area (Å²) >= 11 is 0. The topological polar surface area (TPSA) is 146 Å². The number of fused-ring (bicyclic) bond motifs is 1. The first-order valence-electron chi connectivity index (χ1n) is 6.53. The Bertz CT molecular complexity index is 690. The first-order valence-corrected chi connectivity index (χ1v) is 6.53. The molecule has 0 radical (unpaired) electrons. The molecular weight excluding hydrogens is 294 g/mol. The van der Waals surface area contributed by atoms with Crippen LogP contribution in [0.15, 0.2) is 25.1 Å². The van der Waals surface area contributed by atoms with E-state index in [4.69, 9.17) is 14.9 Å². The first-order chi connectivity index (χ1) is 10.7. The molecule has 0 spiro atoms. The van der Waals surface area contributed by atoms with Gasteiger partial charge in [-0.1, -0.05) is 0 Å². The van der Waals surface area contributed by atoms with Gasteiger partial charge in [0.1, 0.15) is 24.6 Å². The van der Waals surface area contributed by atoms with Gasteiger partial charge in [-0.15, -0.1) is 0 Å². The standard InChI is InChI=1S/C12H15N5O5/c18-2-1-13-10-7-11(15-4-14-10)17(5-16-7)12-9(21)8(20)6(3-19)22-12/h1-2,4-6,8-9,12,18-21H,3H2,(H,13,14,15)/t6-,8-,9-,12-/m1/s1. The fraction of sp³-hybridized carbons (Fsp3) is 0.417. The summed E-state index contributed by atoms with van der Waals surface area (Å²) in [5, 5.41) is 40.4. The van der Waals surface area contributed by atoms with Gasteiger partial charge in [-0.25, -0.2) is 15.0 Å². The van der Waals surface area contributed by atoms with E-state index in [1.807, 2.05) is 0 Å². The van der Waals surface area contributed by atoms with Crippen LogP contribution in [0.25, 0.3) is 11.2 Å². The maximum Gasteiger partial charge on any atom is 0.167 e. The van der Waals surface area contributed by atoms with Crippen molar-refractivity contribution in [2.75, 3.05) is 11.9 Å². The van der Waals surface area contributed by atoms with Crippen molar-refractivity contribution in [3.63, 3.8) is 0 Å². The lowest BCUT2D eigenvalue weighted by atomic mass is 10.1. The predicted octanol–water partition coefficient (Wildman–Crippen LogP) is -1.12. The molecule has 1 fully saturated rings. The summed E-state index contributed by atoms with van der Waals surface area (Å²) in [6.07, 6.45) is 0.539. The molecule has 1 saturated heterocycles. The van der Waals surface area contributed by atoms with E-state index in [9.17, 15) is 10.2 Å². The number of aromatic nitrogens is 4. The van der Waals surface area contributed by atoms with Gasteiger partial charge >= 0.3 is 0 Å². The van der Waals surface area contributed by atoms with Gasteiger partial charge in [0.05, 0.1) is 19.2 Å². The molecule has 118 valence electrons. The molecular formula is C12H15N5O5. The van der Waals surface area contributed by atoms with E-state index in [1.165, 1.54) is 23.4 Å². The van der Waals surface area contributed by atoms with Gasteiger partial charge < -0.3 is 30.5 Å². The number of nitrogens with one attached hydrogen (secondary N) is 1. The molecule has 4 atom stereocenters. The van der Waals surface area contributed by atoms with Crippen molar-refractivity contribution in [2.45, 2.75) is 24.5 Å². The van der Waals surface area contributed by atoms with Gasteiger partial charge in [0.15, 0.2) is 23.2 Å². The highest BCUT2D eigenvalue weighted by Crippen LogP contribution is 2.31. The van der Waals surface area contributed by atoms with E-state index < -0.39 is 31.1 Å². The van der Waals surface area contributed by atoms with Gasteiger partial charge in [0.2, 0.25) is 0 Å². The van der Waals surface area contributed by atoms with Crippen molar-refractivity contribution in [1.82, 2.24) is 19.5 Å². The summed E-state index contributed by atoms with van der Waals surface area (Å²) in [5.74, 6) is 0.362. The molecule has 22 heavy (non-hydrogen) atoms. The lowest BCUT2D eigenvalue weighted by Crippen LogP contribution is -2.33. The minimum Gasteiger partial charge on any atom is -0.514 e. The molecule has 0 aliphatic carbocycles. The number of hydrogen-bond donors (Lipinski definition) is 5. The number of nitrogens with zero attached hydrogens (tertiary/aromatic N) is 4. The van der Waals surface area contributed by atoms with Gasteiger partial charge in [0, 0.05) is 6.20 Å². The van der Waals surface area contributed by atoms with Gasteiger partial charge in [0.25, 0.3) is 0 Å². The van der Waals surface area contributed by atoms with E-state index in [0.717, 1.165) is 6.26 Å². The minimum atomic E-state index is -1.22. The molecule has 1 aliphatic heterocycles. The number of imidazole rings is 1. The maximum absolute atomic E-state index is 10.1. The predicted molar refractivity (Wildman–Crippen MR) is 73.7 cm³/mol. The molecule has 5 N–H and O–H groups in total. The molecule has 2 aromatic rings. The molecule has 1 aliphatic rings. The first kappa shape index (κ1) is 14.7. The van der Waals surface area contributed by atoms with Gasteiger partial charge in [-0.05, 0) is 0 Å². The molecule has 0 unspecified atom stereocenters. The van der Waals surface area contributed by atoms with Crippen LogP contribution in [0, 0.1) is 0 Å². The third-order valence-corrected chi connectivity index (χ3v) is 3.44. The van der Waals surface area contributed by atoms with Crippen LogP contribution in [0.3, 0.4) is 0 Å². The highest BCUT2D eigenvalue weighted by molar-refractivity contribution is 5.83. The van der Waals surface area contributed by atoms with Crippen molar-refractivity contribution in [1.29, 1.82) is 0 Å². The molecule has 3 rings (SSSR count). The Balaban J connectivity index is 1.99. The summed E-state index contributed by atoms with van der Waals surface area (Å²) in [5.41, 5.74) is 0.775. The Morgan fingerprint density at radius 2 is 2.09 bits per heavy atom. The zero-order valence-electron chi connectivity index (χ0n) is 11.3. The van der Waals surface area contributed by atoms with Crippen LogP contribution in [0.5, 0.6) is 0 Å². The number of hydrogen-bond acceptors (Lipinski definition) is 9. The van der Waals surface area contributed by atoms with E-state index in [0.29, 0.717) is 17.0 Å². The van der Waals surface area contributed by atoms with Crippen LogP contribution in [-0.2, 0) is 4.74 Å². The van der Waals surface area contributed by atoms with Crippen LogP contribution in [0.4, 0.5) is 5.82 Å². The molecule has 0 saturated carbocycles. The number of aliphatic hydroxyl groups excluding tert-OH is 4. The van der Waals surface area contributed by atoms with Crippen LogP contribution in [-0.4, -0.2) is 64.9 Å². The van der Waals surface area contributed by atoms with Crippen LogP contribution in [0.2, 0.25) is 0 Å². The number of rotatable bonds is 4. The fourth-order valence-electron chi connectivity index (χ4n) is 2.37. The Morgan fingerprint density at radius 3 is 2.77 bits per heavy atom. The maximum atomic E-state index is 10.1. The Labute approximate surface area is 124 Å². The van der Waals surface area contributed by atoms with Crippen LogP contribution < -0.4 is 5.32 Å². The Hall–Kier alpha value is -2.27. The second-order valence-corrected chi connectivity index (χ2v) is 4.74. The summed E-state index contributed by atoms with van der Waals surface area (Å²) in [4.78, 5) is 12.2. The summed E-state index contributed by atoms with van der Waals surface area (Å²) < 4.78 is 6.90. The SMILES string of the molecule is OC=CNc1ncnc2c1ncn2[C@@H]1O[C@H](CO)[C@@H](O)[C@H]1O. The van der Waals surface area contributed by atoms with Crippen molar-refractivity contribution in [2.24, 2.45) is 0 Å². The van der Waals surface area contributed by atoms with Crippen LogP contribution >= 0.6 is 0 Å². The number of aliphatic hydroxyl groups is 4. The van der Waals surface area contributed by atoms with Crippen LogP contribution in [0.1, 0.15) is 6.23 Å². The van der Waals surface area contributed by atoms with Gasteiger partial charge in [-0.3, -0.25) is 4.57 Å². The van der Waals surface area contributed by atoms with Crippen molar-refractivity contribution >= 4 is 17.0 Å². The highest BCUT2D eigenvalue weighted by atomic mass is 16.6. The van der Waals surface area contributed by atoms with Crippen molar-refractivity contribution < 1.29 is 25.2 Å². The van der Waals surface area contributed by atoms with Crippen molar-refractivity contribution in [3.05, 3.63) is 25.1 Å². The normalized spacial score (nSPS) is 28.7. The monoisotopic (exact) mass is 309 g/mol. The summed E-state index contributed by atoms with van der Waals surface area (Å²) in [7, 11) is 0. The third kappa shape index (κ3) is 2.27. The second kappa shape index (κ2) is 5.85. The smallest absolute Gasteiger partial charge is 0.167 e. The third-order valence-electron chi connectivity index (χ3n) is 3.44. The van der Waals surface area contributed by atoms with Crippen molar-refractivity contribution in [3.8, 4) is 0 Å².